The smallest absolute Gasteiger partial charge is 0.255 e. The van der Waals surface area contributed by atoms with Crippen LogP contribution in [0, 0.1) is 6.92 Å². The van der Waals surface area contributed by atoms with Gasteiger partial charge in [0.05, 0.1) is 16.0 Å². The molecule has 0 aliphatic carbocycles. The largest absolute Gasteiger partial charge is 0.325 e. The number of nitrogens with one attached hydrogen (secondary N) is 2. The number of benzene rings is 4. The summed E-state index contributed by atoms with van der Waals surface area (Å²) in [7, 11) is 0. The van der Waals surface area contributed by atoms with Gasteiger partial charge in [-0.05, 0) is 60.5 Å². The van der Waals surface area contributed by atoms with Gasteiger partial charge in [-0.2, -0.15) is 0 Å². The van der Waals surface area contributed by atoms with E-state index < -0.39 is 0 Å². The molecule has 0 aliphatic heterocycles. The van der Waals surface area contributed by atoms with Crippen LogP contribution in [0.3, 0.4) is 0 Å². The summed E-state index contributed by atoms with van der Waals surface area (Å²) in [6.07, 6.45) is 0. The number of rotatable bonds is 7. The second-order valence-electron chi connectivity index (χ2n) is 8.26. The molecule has 0 bridgehead atoms. The molecule has 0 atom stereocenters. The third kappa shape index (κ3) is 5.82. The van der Waals surface area contributed by atoms with Crippen LogP contribution in [0.5, 0.6) is 0 Å². The summed E-state index contributed by atoms with van der Waals surface area (Å²) >= 11 is 2.90. The molecule has 0 fully saturated rings. The first-order valence-electron chi connectivity index (χ1n) is 11.4. The topological polar surface area (TPSA) is 71.1 Å². The van der Waals surface area contributed by atoms with Crippen LogP contribution in [0.25, 0.3) is 21.3 Å². The first-order valence-corrected chi connectivity index (χ1v) is 13.2. The van der Waals surface area contributed by atoms with E-state index in [-0.39, 0.29) is 17.6 Å². The molecule has 2 N–H and O–H groups in total. The molecule has 0 saturated carbocycles. The standard InChI is InChI=1S/C29H23N3O2S2/c1-19-7-9-22(10-8-19)28(34)31-24-15-16-25-26(17-24)36-29(32-25)35-18-27(33)30-23-13-11-21(12-14-23)20-5-3-2-4-6-20/h2-17H,18H2,1H3,(H,30,33)(H,31,34). The van der Waals surface area contributed by atoms with Crippen LogP contribution < -0.4 is 10.6 Å². The number of amides is 2. The van der Waals surface area contributed by atoms with Crippen LogP contribution in [0.15, 0.2) is 101 Å². The Kier molecular flexibility index (Phi) is 7.11. The third-order valence-electron chi connectivity index (χ3n) is 5.54. The summed E-state index contributed by atoms with van der Waals surface area (Å²) in [5.74, 6) is 0.0248. The van der Waals surface area contributed by atoms with E-state index in [1.807, 2.05) is 91.9 Å². The van der Waals surface area contributed by atoms with Gasteiger partial charge in [0.15, 0.2) is 4.34 Å². The number of fused-ring (bicyclic) bond motifs is 1. The summed E-state index contributed by atoms with van der Waals surface area (Å²) in [4.78, 5) is 29.6. The van der Waals surface area contributed by atoms with Crippen molar-refractivity contribution in [3.05, 3.63) is 108 Å². The van der Waals surface area contributed by atoms with Crippen molar-refractivity contribution in [3.63, 3.8) is 0 Å². The highest BCUT2D eigenvalue weighted by Crippen LogP contribution is 2.31. The van der Waals surface area contributed by atoms with E-state index >= 15 is 0 Å². The molecule has 2 amide bonds. The average molecular weight is 510 g/mol. The van der Waals surface area contributed by atoms with Crippen LogP contribution in [0.1, 0.15) is 15.9 Å². The maximum absolute atomic E-state index is 12.5. The Morgan fingerprint density at radius 2 is 1.50 bits per heavy atom. The van der Waals surface area contributed by atoms with E-state index in [2.05, 4.69) is 27.8 Å². The maximum Gasteiger partial charge on any atom is 0.255 e. The zero-order valence-electron chi connectivity index (χ0n) is 19.5. The van der Waals surface area contributed by atoms with Crippen LogP contribution in [0.2, 0.25) is 0 Å². The Hall–Kier alpha value is -3.94. The average Bonchev–Trinajstić information content (AvgIpc) is 3.31. The predicted octanol–water partition coefficient (Wildman–Crippen LogP) is 7.25. The van der Waals surface area contributed by atoms with E-state index in [1.165, 1.54) is 23.1 Å². The molecule has 5 nitrogen and oxygen atoms in total. The molecule has 1 aromatic heterocycles. The van der Waals surface area contributed by atoms with E-state index in [4.69, 9.17) is 0 Å². The van der Waals surface area contributed by atoms with Crippen molar-refractivity contribution in [1.29, 1.82) is 0 Å². The Morgan fingerprint density at radius 3 is 2.25 bits per heavy atom. The summed E-state index contributed by atoms with van der Waals surface area (Å²) in [6, 6.07) is 31.0. The second-order valence-corrected chi connectivity index (χ2v) is 10.5. The van der Waals surface area contributed by atoms with E-state index in [1.54, 1.807) is 0 Å². The predicted molar refractivity (Wildman–Crippen MR) is 150 cm³/mol. The first kappa shape index (κ1) is 23.8. The van der Waals surface area contributed by atoms with Crippen LogP contribution in [-0.2, 0) is 4.79 Å². The minimum atomic E-state index is -0.151. The number of thioether (sulfide) groups is 1. The molecule has 0 aliphatic rings. The molecule has 178 valence electrons. The first-order chi connectivity index (χ1) is 17.5. The number of aromatic nitrogens is 1. The van der Waals surface area contributed by atoms with Gasteiger partial charge in [-0.1, -0.05) is 71.9 Å². The molecule has 7 heteroatoms. The molecule has 0 radical (unpaired) electrons. The van der Waals surface area contributed by atoms with Gasteiger partial charge in [0.2, 0.25) is 5.91 Å². The van der Waals surface area contributed by atoms with Crippen LogP contribution in [-0.4, -0.2) is 22.6 Å². The van der Waals surface area contributed by atoms with E-state index in [9.17, 15) is 9.59 Å². The number of thiazole rings is 1. The lowest BCUT2D eigenvalue weighted by Gasteiger charge is -2.06. The minimum Gasteiger partial charge on any atom is -0.325 e. The molecule has 36 heavy (non-hydrogen) atoms. The van der Waals surface area contributed by atoms with Gasteiger partial charge in [-0.25, -0.2) is 4.98 Å². The molecular weight excluding hydrogens is 486 g/mol. The van der Waals surface area contributed by atoms with Gasteiger partial charge in [0, 0.05) is 16.9 Å². The van der Waals surface area contributed by atoms with Crippen molar-refractivity contribution in [3.8, 4) is 11.1 Å². The van der Waals surface area contributed by atoms with Gasteiger partial charge < -0.3 is 10.6 Å². The second kappa shape index (κ2) is 10.8. The zero-order chi connectivity index (χ0) is 24.9. The van der Waals surface area contributed by atoms with Crippen molar-refractivity contribution < 1.29 is 9.59 Å². The molecule has 1 heterocycles. The van der Waals surface area contributed by atoms with Gasteiger partial charge >= 0.3 is 0 Å². The third-order valence-corrected chi connectivity index (χ3v) is 7.70. The quantitative estimate of drug-likeness (QED) is 0.227. The Balaban J connectivity index is 1.17. The van der Waals surface area contributed by atoms with E-state index in [0.29, 0.717) is 11.3 Å². The number of carbonyl (C=O) groups is 2. The lowest BCUT2D eigenvalue weighted by atomic mass is 10.1. The van der Waals surface area contributed by atoms with Crippen molar-refractivity contribution in [1.82, 2.24) is 4.98 Å². The fourth-order valence-corrected chi connectivity index (χ4v) is 5.56. The Morgan fingerprint density at radius 1 is 0.806 bits per heavy atom. The van der Waals surface area contributed by atoms with Gasteiger partial charge in [-0.3, -0.25) is 9.59 Å². The van der Waals surface area contributed by atoms with Gasteiger partial charge in [-0.15, -0.1) is 11.3 Å². The highest BCUT2D eigenvalue weighted by atomic mass is 32.2. The lowest BCUT2D eigenvalue weighted by Crippen LogP contribution is -2.13. The Bertz CT molecular complexity index is 1510. The number of hydrogen-bond acceptors (Lipinski definition) is 5. The van der Waals surface area contributed by atoms with Crippen LogP contribution in [0.4, 0.5) is 11.4 Å². The molecule has 0 saturated heterocycles. The number of aryl methyl sites for hydroxylation is 1. The lowest BCUT2D eigenvalue weighted by molar-refractivity contribution is -0.113. The summed E-state index contributed by atoms with van der Waals surface area (Å²) in [5.41, 5.74) is 6.28. The number of carbonyl (C=O) groups excluding carboxylic acids is 2. The van der Waals surface area contributed by atoms with Crippen molar-refractivity contribution in [2.75, 3.05) is 16.4 Å². The molecule has 0 spiro atoms. The summed E-state index contributed by atoms with van der Waals surface area (Å²) in [6.45, 7) is 1.99. The fourth-order valence-electron chi connectivity index (χ4n) is 3.65. The normalized spacial score (nSPS) is 10.8. The van der Waals surface area contributed by atoms with Gasteiger partial charge in [0.25, 0.3) is 5.91 Å². The molecule has 5 rings (SSSR count). The number of hydrogen-bond donors (Lipinski definition) is 2. The molecule has 4 aromatic carbocycles. The molecule has 0 unspecified atom stereocenters. The van der Waals surface area contributed by atoms with Crippen molar-refractivity contribution in [2.45, 2.75) is 11.3 Å². The Labute approximate surface area is 217 Å². The SMILES string of the molecule is Cc1ccc(C(=O)Nc2ccc3nc(SCC(=O)Nc4ccc(-c5ccccc5)cc4)sc3c2)cc1. The van der Waals surface area contributed by atoms with Crippen LogP contribution >= 0.6 is 23.1 Å². The summed E-state index contributed by atoms with van der Waals surface area (Å²) in [5, 5.41) is 5.88. The molecule has 5 aromatic rings. The number of nitrogens with zero attached hydrogens (tertiary/aromatic N) is 1. The van der Waals surface area contributed by atoms with Crippen molar-refractivity contribution >= 4 is 56.5 Å². The van der Waals surface area contributed by atoms with Crippen molar-refractivity contribution in [2.24, 2.45) is 0 Å². The summed E-state index contributed by atoms with van der Waals surface area (Å²) < 4.78 is 1.76. The highest BCUT2D eigenvalue weighted by Gasteiger charge is 2.11. The zero-order valence-corrected chi connectivity index (χ0v) is 21.2. The highest BCUT2D eigenvalue weighted by molar-refractivity contribution is 8.01. The van der Waals surface area contributed by atoms with Gasteiger partial charge in [0.1, 0.15) is 0 Å². The number of anilines is 2. The van der Waals surface area contributed by atoms with E-state index in [0.717, 1.165) is 36.9 Å². The monoisotopic (exact) mass is 509 g/mol. The molecular formula is C29H23N3O2S2. The minimum absolute atomic E-state index is 0.0854. The fraction of sp³-hybridized carbons (Fsp3) is 0.0690. The maximum atomic E-state index is 12.5.